The first-order valence-corrected chi connectivity index (χ1v) is 4.00. The molecule has 5 nitrogen and oxygen atoms in total. The summed E-state index contributed by atoms with van der Waals surface area (Å²) >= 11 is 0. The minimum atomic E-state index is -1.12. The lowest BCUT2D eigenvalue weighted by molar-refractivity contribution is -0.131. The fraction of sp³-hybridized carbons (Fsp3) is 0.500. The minimum absolute atomic E-state index is 0.376. The third-order valence-corrected chi connectivity index (χ3v) is 1.28. The van der Waals surface area contributed by atoms with Crippen LogP contribution < -0.4 is 10.6 Å². The van der Waals surface area contributed by atoms with Gasteiger partial charge in [0.1, 0.15) is 0 Å². The number of carboxylic acid groups (broad SMARTS) is 1. The van der Waals surface area contributed by atoms with E-state index in [0.29, 0.717) is 6.54 Å². The Morgan fingerprint density at radius 1 is 1.31 bits per heavy atom. The molecule has 0 fully saturated rings. The van der Waals surface area contributed by atoms with Gasteiger partial charge in [-0.05, 0) is 20.0 Å². The van der Waals surface area contributed by atoms with Crippen molar-refractivity contribution < 1.29 is 14.7 Å². The molecule has 0 unspecified atom stereocenters. The molecule has 0 radical (unpaired) electrons. The van der Waals surface area contributed by atoms with Crippen LogP contribution in [-0.4, -0.2) is 37.1 Å². The maximum absolute atomic E-state index is 10.8. The lowest BCUT2D eigenvalue weighted by Crippen LogP contribution is -2.24. The maximum atomic E-state index is 10.8. The van der Waals surface area contributed by atoms with Crippen LogP contribution in [0.25, 0.3) is 0 Å². The number of nitrogens with one attached hydrogen (secondary N) is 2. The van der Waals surface area contributed by atoms with E-state index in [2.05, 4.69) is 10.6 Å². The number of aliphatic carboxylic acids is 1. The molecule has 0 aromatic heterocycles. The molecule has 0 heterocycles. The highest BCUT2D eigenvalue weighted by atomic mass is 16.4. The first-order chi connectivity index (χ1) is 6.16. The first kappa shape index (κ1) is 11.6. The maximum Gasteiger partial charge on any atom is 0.328 e. The summed E-state index contributed by atoms with van der Waals surface area (Å²) in [6.45, 7) is 1.37. The topological polar surface area (TPSA) is 78.4 Å². The highest BCUT2D eigenvalue weighted by Gasteiger charge is 1.94. The van der Waals surface area contributed by atoms with E-state index in [4.69, 9.17) is 5.11 Å². The number of hydrogen-bond acceptors (Lipinski definition) is 3. The Hall–Kier alpha value is -1.36. The van der Waals surface area contributed by atoms with Gasteiger partial charge < -0.3 is 15.7 Å². The molecule has 0 bridgehead atoms. The predicted molar refractivity (Wildman–Crippen MR) is 48.3 cm³/mol. The summed E-state index contributed by atoms with van der Waals surface area (Å²) in [6.07, 6.45) is 2.64. The van der Waals surface area contributed by atoms with E-state index in [1.165, 1.54) is 0 Å². The summed E-state index contributed by atoms with van der Waals surface area (Å²) in [4.78, 5) is 20.8. The molecular formula is C8H14N2O3. The van der Waals surface area contributed by atoms with E-state index < -0.39 is 5.97 Å². The minimum Gasteiger partial charge on any atom is -0.478 e. The zero-order valence-electron chi connectivity index (χ0n) is 7.54. The van der Waals surface area contributed by atoms with Crippen molar-refractivity contribution in [3.63, 3.8) is 0 Å². The van der Waals surface area contributed by atoms with Gasteiger partial charge in [-0.15, -0.1) is 0 Å². The third kappa shape index (κ3) is 8.55. The quantitative estimate of drug-likeness (QED) is 0.380. The van der Waals surface area contributed by atoms with Crippen LogP contribution in [0.1, 0.15) is 6.42 Å². The lowest BCUT2D eigenvalue weighted by atomic mass is 10.4. The molecule has 13 heavy (non-hydrogen) atoms. The Morgan fingerprint density at radius 3 is 2.54 bits per heavy atom. The van der Waals surface area contributed by atoms with Gasteiger partial charge in [0.25, 0.3) is 0 Å². The standard InChI is InChI=1S/C8H14N2O3/c1-9-5-2-6-10-7(11)3-4-8(12)13/h3-4,9H,2,5-6H2,1H3,(H,10,11)(H,12,13)/b4-3-. The SMILES string of the molecule is CNCCCNC(=O)/C=C\C(=O)O. The van der Waals surface area contributed by atoms with Gasteiger partial charge in [0.05, 0.1) is 0 Å². The Labute approximate surface area is 76.8 Å². The number of carbonyl (C=O) groups excluding carboxylic acids is 1. The van der Waals surface area contributed by atoms with Crippen molar-refractivity contribution in [1.29, 1.82) is 0 Å². The molecule has 0 rings (SSSR count). The third-order valence-electron chi connectivity index (χ3n) is 1.28. The van der Waals surface area contributed by atoms with Crippen molar-refractivity contribution in [3.8, 4) is 0 Å². The fourth-order valence-corrected chi connectivity index (χ4v) is 0.683. The van der Waals surface area contributed by atoms with Crippen LogP contribution in [0.15, 0.2) is 12.2 Å². The molecule has 0 aliphatic carbocycles. The van der Waals surface area contributed by atoms with E-state index in [-0.39, 0.29) is 5.91 Å². The number of hydrogen-bond donors (Lipinski definition) is 3. The molecule has 0 atom stereocenters. The number of carbonyl (C=O) groups is 2. The molecule has 0 aromatic rings. The van der Waals surface area contributed by atoms with Crippen LogP contribution in [0.5, 0.6) is 0 Å². The molecule has 0 spiro atoms. The molecule has 1 amide bonds. The highest BCUT2D eigenvalue weighted by Crippen LogP contribution is 1.76. The molecule has 3 N–H and O–H groups in total. The molecule has 0 aromatic carbocycles. The van der Waals surface area contributed by atoms with Crippen LogP contribution in [0.2, 0.25) is 0 Å². The van der Waals surface area contributed by atoms with E-state index >= 15 is 0 Å². The normalized spacial score (nSPS) is 10.2. The second-order valence-electron chi connectivity index (χ2n) is 2.42. The van der Waals surface area contributed by atoms with E-state index in [1.54, 1.807) is 0 Å². The van der Waals surface area contributed by atoms with Gasteiger partial charge in [-0.1, -0.05) is 0 Å². The molecule has 5 heteroatoms. The van der Waals surface area contributed by atoms with Gasteiger partial charge in [0.2, 0.25) is 5.91 Å². The van der Waals surface area contributed by atoms with Crippen LogP contribution in [0.3, 0.4) is 0 Å². The average molecular weight is 186 g/mol. The van der Waals surface area contributed by atoms with Gasteiger partial charge in [0.15, 0.2) is 0 Å². The van der Waals surface area contributed by atoms with Gasteiger partial charge in [-0.2, -0.15) is 0 Å². The summed E-state index contributed by atoms with van der Waals surface area (Å²) in [7, 11) is 1.83. The Kier molecular flexibility index (Phi) is 6.53. The fourth-order valence-electron chi connectivity index (χ4n) is 0.683. The molecular weight excluding hydrogens is 172 g/mol. The van der Waals surface area contributed by atoms with Crippen molar-refractivity contribution >= 4 is 11.9 Å². The van der Waals surface area contributed by atoms with Crippen LogP contribution in [0, 0.1) is 0 Å². The number of carboxylic acids is 1. The molecule has 0 aliphatic heterocycles. The van der Waals surface area contributed by atoms with Gasteiger partial charge in [-0.25, -0.2) is 4.79 Å². The molecule has 0 saturated heterocycles. The van der Waals surface area contributed by atoms with Crippen LogP contribution in [0.4, 0.5) is 0 Å². The zero-order chi connectivity index (χ0) is 10.1. The molecule has 0 aliphatic rings. The zero-order valence-corrected chi connectivity index (χ0v) is 7.54. The number of rotatable bonds is 6. The predicted octanol–water partition coefficient (Wildman–Crippen LogP) is -0.647. The lowest BCUT2D eigenvalue weighted by Gasteiger charge is -2.00. The van der Waals surface area contributed by atoms with Crippen LogP contribution >= 0.6 is 0 Å². The van der Waals surface area contributed by atoms with Gasteiger partial charge >= 0.3 is 5.97 Å². The van der Waals surface area contributed by atoms with Crippen molar-refractivity contribution in [2.24, 2.45) is 0 Å². The Bertz CT molecular complexity index is 202. The van der Waals surface area contributed by atoms with Crippen molar-refractivity contribution in [2.45, 2.75) is 6.42 Å². The summed E-state index contributed by atoms with van der Waals surface area (Å²) in [5.41, 5.74) is 0. The molecule has 74 valence electrons. The molecule has 0 saturated carbocycles. The first-order valence-electron chi connectivity index (χ1n) is 4.00. The second-order valence-corrected chi connectivity index (χ2v) is 2.42. The van der Waals surface area contributed by atoms with Gasteiger partial charge in [-0.3, -0.25) is 4.79 Å². The van der Waals surface area contributed by atoms with E-state index in [1.807, 2.05) is 7.05 Å². The second kappa shape index (κ2) is 7.30. The summed E-state index contributed by atoms with van der Waals surface area (Å²) in [5.74, 6) is -1.50. The Morgan fingerprint density at radius 2 is 2.00 bits per heavy atom. The largest absolute Gasteiger partial charge is 0.478 e. The van der Waals surface area contributed by atoms with Gasteiger partial charge in [0, 0.05) is 18.7 Å². The summed E-state index contributed by atoms with van der Waals surface area (Å²) < 4.78 is 0. The highest BCUT2D eigenvalue weighted by molar-refractivity contribution is 5.93. The average Bonchev–Trinajstić information content (AvgIpc) is 2.09. The smallest absolute Gasteiger partial charge is 0.328 e. The van der Waals surface area contributed by atoms with Crippen LogP contribution in [-0.2, 0) is 9.59 Å². The van der Waals surface area contributed by atoms with E-state index in [9.17, 15) is 9.59 Å². The van der Waals surface area contributed by atoms with E-state index in [0.717, 1.165) is 25.1 Å². The number of amides is 1. The summed E-state index contributed by atoms with van der Waals surface area (Å²) in [6, 6.07) is 0. The van der Waals surface area contributed by atoms with Crippen molar-refractivity contribution in [1.82, 2.24) is 10.6 Å². The Balaban J connectivity index is 3.46. The monoisotopic (exact) mass is 186 g/mol. The summed E-state index contributed by atoms with van der Waals surface area (Å²) in [5, 5.41) is 13.7. The van der Waals surface area contributed by atoms with Crippen molar-refractivity contribution in [3.05, 3.63) is 12.2 Å². The van der Waals surface area contributed by atoms with Crippen molar-refractivity contribution in [2.75, 3.05) is 20.1 Å².